The first-order valence-electron chi connectivity index (χ1n) is 9.29. The second-order valence-electron chi connectivity index (χ2n) is 6.66. The zero-order chi connectivity index (χ0) is 20.4. The summed E-state index contributed by atoms with van der Waals surface area (Å²) in [4.78, 5) is 4.38. The van der Waals surface area contributed by atoms with Gasteiger partial charge in [-0.1, -0.05) is 59.7 Å². The molecular formula is C21H20ClN5OS. The molecule has 148 valence electrons. The highest BCUT2D eigenvalue weighted by molar-refractivity contribution is 7.98. The van der Waals surface area contributed by atoms with Crippen LogP contribution in [0.5, 0.6) is 0 Å². The van der Waals surface area contributed by atoms with E-state index in [9.17, 15) is 0 Å². The van der Waals surface area contributed by atoms with E-state index in [1.165, 1.54) is 11.8 Å². The Balaban J connectivity index is 1.79. The third kappa shape index (κ3) is 4.06. The molecule has 2 aromatic heterocycles. The summed E-state index contributed by atoms with van der Waals surface area (Å²) in [7, 11) is 0. The van der Waals surface area contributed by atoms with E-state index in [0.29, 0.717) is 28.3 Å². The maximum absolute atomic E-state index is 6.47. The number of aryl methyl sites for hydroxylation is 3. The fraction of sp³-hybridized carbons (Fsp3) is 0.238. The normalized spacial score (nSPS) is 11.2. The maximum Gasteiger partial charge on any atom is 0.237 e. The first-order chi connectivity index (χ1) is 14.1. The van der Waals surface area contributed by atoms with Gasteiger partial charge < -0.3 is 4.52 Å². The topological polar surface area (TPSA) is 69.6 Å². The lowest BCUT2D eigenvalue weighted by Crippen LogP contribution is -2.03. The maximum atomic E-state index is 6.47. The third-order valence-electron chi connectivity index (χ3n) is 4.50. The summed E-state index contributed by atoms with van der Waals surface area (Å²) in [5.41, 5.74) is 4.13. The third-order valence-corrected chi connectivity index (χ3v) is 5.75. The van der Waals surface area contributed by atoms with Gasteiger partial charge in [0, 0.05) is 12.0 Å². The zero-order valence-electron chi connectivity index (χ0n) is 16.4. The van der Waals surface area contributed by atoms with Gasteiger partial charge in [0.2, 0.25) is 5.89 Å². The first-order valence-corrected chi connectivity index (χ1v) is 10.7. The van der Waals surface area contributed by atoms with Crippen LogP contribution in [0.3, 0.4) is 0 Å². The summed E-state index contributed by atoms with van der Waals surface area (Å²) < 4.78 is 7.36. The van der Waals surface area contributed by atoms with E-state index in [4.69, 9.17) is 16.1 Å². The molecule has 0 aliphatic heterocycles. The smallest absolute Gasteiger partial charge is 0.237 e. The predicted molar refractivity (Wildman–Crippen MR) is 115 cm³/mol. The SMILES string of the molecule is CCc1noc(CSc2nnc(-c3ccccc3Cl)n2-c2cc(C)ccc2C)n1. The zero-order valence-corrected chi connectivity index (χ0v) is 18.0. The van der Waals surface area contributed by atoms with Crippen molar-refractivity contribution in [2.45, 2.75) is 38.1 Å². The molecule has 0 unspecified atom stereocenters. The monoisotopic (exact) mass is 425 g/mol. The van der Waals surface area contributed by atoms with Crippen LogP contribution >= 0.6 is 23.4 Å². The van der Waals surface area contributed by atoms with Crippen molar-refractivity contribution in [1.82, 2.24) is 24.9 Å². The van der Waals surface area contributed by atoms with Crippen molar-refractivity contribution in [2.75, 3.05) is 0 Å². The van der Waals surface area contributed by atoms with Crippen molar-refractivity contribution in [1.29, 1.82) is 0 Å². The number of aromatic nitrogens is 5. The molecule has 2 heterocycles. The molecule has 0 spiro atoms. The van der Waals surface area contributed by atoms with Gasteiger partial charge in [-0.25, -0.2) is 0 Å². The van der Waals surface area contributed by atoms with Gasteiger partial charge in [-0.15, -0.1) is 10.2 Å². The number of halogens is 1. The lowest BCUT2D eigenvalue weighted by molar-refractivity contribution is 0.385. The highest BCUT2D eigenvalue weighted by Crippen LogP contribution is 2.34. The molecule has 0 aliphatic carbocycles. The summed E-state index contributed by atoms with van der Waals surface area (Å²) in [6.07, 6.45) is 0.740. The predicted octanol–water partition coefficient (Wildman–Crippen LogP) is 5.44. The largest absolute Gasteiger partial charge is 0.338 e. The van der Waals surface area contributed by atoms with Gasteiger partial charge in [-0.3, -0.25) is 4.57 Å². The molecular weight excluding hydrogens is 406 g/mol. The Kier molecular flexibility index (Phi) is 5.69. The Hall–Kier alpha value is -2.64. The van der Waals surface area contributed by atoms with Gasteiger partial charge in [-0.05, 0) is 43.2 Å². The van der Waals surface area contributed by atoms with Crippen molar-refractivity contribution < 1.29 is 4.52 Å². The molecule has 0 N–H and O–H groups in total. The molecule has 0 atom stereocenters. The van der Waals surface area contributed by atoms with Gasteiger partial charge >= 0.3 is 0 Å². The second kappa shape index (κ2) is 8.39. The van der Waals surface area contributed by atoms with Crippen molar-refractivity contribution >= 4 is 23.4 Å². The summed E-state index contributed by atoms with van der Waals surface area (Å²) in [5.74, 6) is 2.49. The van der Waals surface area contributed by atoms with Crippen LogP contribution in [-0.4, -0.2) is 24.9 Å². The summed E-state index contributed by atoms with van der Waals surface area (Å²) in [6, 6.07) is 14.0. The molecule has 0 saturated carbocycles. The van der Waals surface area contributed by atoms with Crippen LogP contribution in [0.1, 0.15) is 29.8 Å². The minimum atomic E-state index is 0.512. The Bertz CT molecular complexity index is 1150. The van der Waals surface area contributed by atoms with Crippen LogP contribution in [-0.2, 0) is 12.2 Å². The number of benzene rings is 2. The minimum Gasteiger partial charge on any atom is -0.338 e. The Morgan fingerprint density at radius 3 is 2.69 bits per heavy atom. The van der Waals surface area contributed by atoms with Gasteiger partial charge in [0.25, 0.3) is 0 Å². The van der Waals surface area contributed by atoms with Crippen LogP contribution in [0.15, 0.2) is 52.1 Å². The van der Waals surface area contributed by atoms with Gasteiger partial charge in [0.05, 0.1) is 16.5 Å². The van der Waals surface area contributed by atoms with E-state index in [1.807, 2.05) is 35.8 Å². The van der Waals surface area contributed by atoms with Crippen molar-refractivity contribution in [3.63, 3.8) is 0 Å². The van der Waals surface area contributed by atoms with E-state index < -0.39 is 0 Å². The summed E-state index contributed by atoms with van der Waals surface area (Å²) in [6.45, 7) is 6.14. The van der Waals surface area contributed by atoms with Gasteiger partial charge in [0.15, 0.2) is 16.8 Å². The molecule has 2 aromatic carbocycles. The second-order valence-corrected chi connectivity index (χ2v) is 8.01. The van der Waals surface area contributed by atoms with Crippen LogP contribution in [0.4, 0.5) is 0 Å². The highest BCUT2D eigenvalue weighted by atomic mass is 35.5. The molecule has 8 heteroatoms. The van der Waals surface area contributed by atoms with Crippen LogP contribution < -0.4 is 0 Å². The average molecular weight is 426 g/mol. The minimum absolute atomic E-state index is 0.512. The van der Waals surface area contributed by atoms with E-state index >= 15 is 0 Å². The molecule has 29 heavy (non-hydrogen) atoms. The number of rotatable bonds is 6. The fourth-order valence-electron chi connectivity index (χ4n) is 2.98. The quantitative estimate of drug-likeness (QED) is 0.383. The Labute approximate surface area is 178 Å². The highest BCUT2D eigenvalue weighted by Gasteiger charge is 2.20. The number of thioether (sulfide) groups is 1. The number of hydrogen-bond donors (Lipinski definition) is 0. The fourth-order valence-corrected chi connectivity index (χ4v) is 3.98. The average Bonchev–Trinajstić information content (AvgIpc) is 3.35. The van der Waals surface area contributed by atoms with Gasteiger partial charge in [-0.2, -0.15) is 4.98 Å². The molecule has 6 nitrogen and oxygen atoms in total. The van der Waals surface area contributed by atoms with E-state index in [1.54, 1.807) is 0 Å². The molecule has 0 aliphatic rings. The van der Waals surface area contributed by atoms with Crippen LogP contribution in [0.2, 0.25) is 5.02 Å². The standard InChI is InChI=1S/C21H20ClN5OS/c1-4-18-23-19(28-26-18)12-29-21-25-24-20(15-7-5-6-8-16(15)22)27(21)17-11-13(2)9-10-14(17)3/h5-11H,4,12H2,1-3H3. The molecule has 0 fully saturated rings. The summed E-state index contributed by atoms with van der Waals surface area (Å²) >= 11 is 7.97. The van der Waals surface area contributed by atoms with Crippen molar-refractivity contribution in [3.05, 3.63) is 70.3 Å². The molecule has 0 amide bonds. The molecule has 0 bridgehead atoms. The molecule has 0 radical (unpaired) electrons. The number of hydrogen-bond acceptors (Lipinski definition) is 6. The number of nitrogens with zero attached hydrogens (tertiary/aromatic N) is 5. The first kappa shape index (κ1) is 19.7. The summed E-state index contributed by atoms with van der Waals surface area (Å²) in [5, 5.41) is 14.2. The van der Waals surface area contributed by atoms with Crippen LogP contribution in [0, 0.1) is 13.8 Å². The van der Waals surface area contributed by atoms with Gasteiger partial charge in [0.1, 0.15) is 0 Å². The Morgan fingerprint density at radius 1 is 1.10 bits per heavy atom. The van der Waals surface area contributed by atoms with E-state index in [-0.39, 0.29) is 0 Å². The Morgan fingerprint density at radius 2 is 1.93 bits per heavy atom. The molecule has 4 rings (SSSR count). The van der Waals surface area contributed by atoms with Crippen molar-refractivity contribution in [3.8, 4) is 17.1 Å². The molecule has 0 saturated heterocycles. The lowest BCUT2D eigenvalue weighted by Gasteiger charge is -2.14. The lowest BCUT2D eigenvalue weighted by atomic mass is 10.1. The van der Waals surface area contributed by atoms with Crippen LogP contribution in [0.25, 0.3) is 17.1 Å². The molecule has 4 aromatic rings. The van der Waals surface area contributed by atoms with Crippen molar-refractivity contribution in [2.24, 2.45) is 0 Å². The van der Waals surface area contributed by atoms with E-state index in [0.717, 1.165) is 34.0 Å². The van der Waals surface area contributed by atoms with E-state index in [2.05, 4.69) is 52.4 Å².